The van der Waals surface area contributed by atoms with Crippen molar-refractivity contribution in [1.29, 1.82) is 0 Å². The van der Waals surface area contributed by atoms with Gasteiger partial charge in [0.15, 0.2) is 11.5 Å². The second kappa shape index (κ2) is 11.6. The van der Waals surface area contributed by atoms with E-state index >= 15 is 0 Å². The maximum atomic E-state index is 13.9. The van der Waals surface area contributed by atoms with Crippen molar-refractivity contribution in [3.8, 4) is 22.8 Å². The number of carbonyl (C=O) groups is 1. The first-order valence-electron chi connectivity index (χ1n) is 14.5. The molecule has 43 heavy (non-hydrogen) atoms. The lowest BCUT2D eigenvalue weighted by atomic mass is 9.86. The Labute approximate surface area is 254 Å². The summed E-state index contributed by atoms with van der Waals surface area (Å²) in [4.78, 5) is 18.7. The molecule has 9 heteroatoms. The molecular formula is C34H31ClN4O4. The fourth-order valence-corrected chi connectivity index (χ4v) is 6.00. The van der Waals surface area contributed by atoms with Crippen LogP contribution in [0.15, 0.2) is 83.4 Å². The Kier molecular flexibility index (Phi) is 7.39. The van der Waals surface area contributed by atoms with Gasteiger partial charge in [-0.2, -0.15) is 0 Å². The first kappa shape index (κ1) is 27.3. The lowest BCUT2D eigenvalue weighted by Gasteiger charge is -2.36. The maximum Gasteiger partial charge on any atom is 0.196 e. The third-order valence-corrected chi connectivity index (χ3v) is 8.28. The molecule has 1 fully saturated rings. The standard InChI is InChI=1S/C34H31ClN4O4/c1-2-41-24-13-9-23(10-14-24)36-28-21-29(32-31-30(28)33(40)26-5-3-4-6-27(26)34(31)43-37-32)39-17-15-38(16-18-39)19-20-42-25-11-7-22(35)8-12-25/h3-14,21,36H,2,15-20H2,1H3. The van der Waals surface area contributed by atoms with Gasteiger partial charge in [0, 0.05) is 54.6 Å². The summed E-state index contributed by atoms with van der Waals surface area (Å²) in [5.41, 5.74) is 5.23. The maximum absolute atomic E-state index is 13.9. The van der Waals surface area contributed by atoms with Gasteiger partial charge in [0.2, 0.25) is 0 Å². The van der Waals surface area contributed by atoms with E-state index in [4.69, 9.17) is 25.6 Å². The lowest BCUT2D eigenvalue weighted by Crippen LogP contribution is -2.47. The summed E-state index contributed by atoms with van der Waals surface area (Å²) in [7, 11) is 0. The van der Waals surface area contributed by atoms with Crippen LogP contribution in [-0.2, 0) is 0 Å². The van der Waals surface area contributed by atoms with Crippen LogP contribution in [0.1, 0.15) is 22.8 Å². The van der Waals surface area contributed by atoms with E-state index in [0.717, 1.165) is 72.2 Å². The van der Waals surface area contributed by atoms with E-state index in [0.29, 0.717) is 40.6 Å². The van der Waals surface area contributed by atoms with Crippen LogP contribution in [0.4, 0.5) is 17.1 Å². The highest BCUT2D eigenvalue weighted by Crippen LogP contribution is 2.46. The molecule has 1 aliphatic heterocycles. The van der Waals surface area contributed by atoms with Crippen LogP contribution in [0, 0.1) is 0 Å². The minimum absolute atomic E-state index is 0.0400. The average molecular weight is 595 g/mol. The molecule has 2 heterocycles. The monoisotopic (exact) mass is 594 g/mol. The first-order valence-corrected chi connectivity index (χ1v) is 14.9. The van der Waals surface area contributed by atoms with Crippen molar-refractivity contribution in [3.63, 3.8) is 0 Å². The van der Waals surface area contributed by atoms with E-state index in [2.05, 4.69) is 20.3 Å². The van der Waals surface area contributed by atoms with Crippen LogP contribution in [-0.4, -0.2) is 61.8 Å². The number of ether oxygens (including phenoxy) is 2. The molecular weight excluding hydrogens is 564 g/mol. The van der Waals surface area contributed by atoms with E-state index in [1.54, 1.807) is 0 Å². The van der Waals surface area contributed by atoms with Gasteiger partial charge in [0.25, 0.3) is 0 Å². The van der Waals surface area contributed by atoms with Crippen molar-refractivity contribution in [1.82, 2.24) is 10.1 Å². The average Bonchev–Trinajstić information content (AvgIpc) is 3.48. The third kappa shape index (κ3) is 5.28. The van der Waals surface area contributed by atoms with Crippen LogP contribution in [0.3, 0.4) is 0 Å². The van der Waals surface area contributed by atoms with Gasteiger partial charge in [-0.25, -0.2) is 0 Å². The van der Waals surface area contributed by atoms with Gasteiger partial charge in [-0.1, -0.05) is 41.0 Å². The van der Waals surface area contributed by atoms with Crippen molar-refractivity contribution in [3.05, 3.63) is 95.0 Å². The van der Waals surface area contributed by atoms with Crippen molar-refractivity contribution in [2.24, 2.45) is 0 Å². The lowest BCUT2D eigenvalue weighted by molar-refractivity contribution is 0.104. The van der Waals surface area contributed by atoms with E-state index in [-0.39, 0.29) is 5.78 Å². The predicted octanol–water partition coefficient (Wildman–Crippen LogP) is 7.04. The topological polar surface area (TPSA) is 80.1 Å². The number of halogens is 1. The van der Waals surface area contributed by atoms with Gasteiger partial charge < -0.3 is 24.2 Å². The van der Waals surface area contributed by atoms with E-state index in [1.807, 2.05) is 85.8 Å². The Morgan fingerprint density at radius 3 is 2.35 bits per heavy atom. The highest BCUT2D eigenvalue weighted by Gasteiger charge is 2.34. The Morgan fingerprint density at radius 2 is 1.60 bits per heavy atom. The molecule has 0 amide bonds. The van der Waals surface area contributed by atoms with Crippen LogP contribution < -0.4 is 19.7 Å². The molecule has 1 saturated heterocycles. The molecule has 4 aromatic carbocycles. The number of hydrogen-bond acceptors (Lipinski definition) is 8. The van der Waals surface area contributed by atoms with Gasteiger partial charge in [-0.05, 0) is 61.5 Å². The number of aromatic nitrogens is 1. The number of anilines is 3. The third-order valence-electron chi connectivity index (χ3n) is 8.03. The Hall–Kier alpha value is -4.53. The molecule has 0 unspecified atom stereocenters. The van der Waals surface area contributed by atoms with Crippen molar-refractivity contribution in [2.45, 2.75) is 6.92 Å². The summed E-state index contributed by atoms with van der Waals surface area (Å²) >= 11 is 5.98. The highest BCUT2D eigenvalue weighted by molar-refractivity contribution is 6.30. The zero-order valence-corrected chi connectivity index (χ0v) is 24.6. The van der Waals surface area contributed by atoms with Crippen molar-refractivity contribution in [2.75, 3.05) is 56.2 Å². The second-order valence-electron chi connectivity index (χ2n) is 10.6. The Balaban J connectivity index is 1.17. The number of nitrogens with zero attached hydrogens (tertiary/aromatic N) is 3. The minimum atomic E-state index is -0.0400. The quantitative estimate of drug-likeness (QED) is 0.191. The molecule has 8 nitrogen and oxygen atoms in total. The highest BCUT2D eigenvalue weighted by atomic mass is 35.5. The molecule has 1 aliphatic carbocycles. The van der Waals surface area contributed by atoms with Gasteiger partial charge in [0.1, 0.15) is 23.6 Å². The zero-order chi connectivity index (χ0) is 29.3. The van der Waals surface area contributed by atoms with E-state index < -0.39 is 0 Å². The number of fused-ring (bicyclic) bond motifs is 2. The zero-order valence-electron chi connectivity index (χ0n) is 23.8. The smallest absolute Gasteiger partial charge is 0.196 e. The summed E-state index contributed by atoms with van der Waals surface area (Å²) in [6.45, 7) is 7.37. The minimum Gasteiger partial charge on any atom is -0.494 e. The molecule has 1 aromatic heterocycles. The van der Waals surface area contributed by atoms with Gasteiger partial charge in [-0.3, -0.25) is 9.69 Å². The van der Waals surface area contributed by atoms with Gasteiger partial charge in [-0.15, -0.1) is 0 Å². The number of nitrogens with one attached hydrogen (secondary N) is 1. The molecule has 0 spiro atoms. The Morgan fingerprint density at radius 1 is 0.907 bits per heavy atom. The molecule has 5 aromatic rings. The molecule has 0 saturated carbocycles. The Bertz CT molecular complexity index is 1780. The second-order valence-corrected chi connectivity index (χ2v) is 11.1. The van der Waals surface area contributed by atoms with Crippen molar-refractivity contribution >= 4 is 45.3 Å². The van der Waals surface area contributed by atoms with Gasteiger partial charge in [0.05, 0.1) is 28.9 Å². The molecule has 7 rings (SSSR count). The molecule has 0 atom stereocenters. The number of piperazine rings is 1. The van der Waals surface area contributed by atoms with Crippen LogP contribution in [0.25, 0.3) is 22.2 Å². The summed E-state index contributed by atoms with van der Waals surface area (Å²) < 4.78 is 17.5. The number of benzene rings is 4. The summed E-state index contributed by atoms with van der Waals surface area (Å²) in [5.74, 6) is 2.21. The molecule has 0 bridgehead atoms. The van der Waals surface area contributed by atoms with Crippen LogP contribution >= 0.6 is 11.6 Å². The first-order chi connectivity index (χ1) is 21.1. The predicted molar refractivity (Wildman–Crippen MR) is 169 cm³/mol. The number of ketones is 1. The number of carbonyl (C=O) groups excluding carboxylic acids is 1. The normalized spacial score (nSPS) is 14.6. The molecule has 0 radical (unpaired) electrons. The molecule has 2 aliphatic rings. The molecule has 1 N–H and O–H groups in total. The fraction of sp³-hybridized carbons (Fsp3) is 0.235. The SMILES string of the molecule is CCOc1ccc(Nc2cc(N3CCN(CCOc4ccc(Cl)cc4)CC3)c3noc4c3c2C(=O)c2ccccc2-4)cc1. The largest absolute Gasteiger partial charge is 0.494 e. The fourth-order valence-electron chi connectivity index (χ4n) is 5.87. The number of rotatable bonds is 9. The van der Waals surface area contributed by atoms with Crippen molar-refractivity contribution < 1.29 is 18.8 Å². The summed E-state index contributed by atoms with van der Waals surface area (Å²) in [6.07, 6.45) is 0. The number of hydrogen-bond donors (Lipinski definition) is 1. The van der Waals surface area contributed by atoms with E-state index in [9.17, 15) is 4.79 Å². The van der Waals surface area contributed by atoms with Crippen LogP contribution in [0.2, 0.25) is 5.02 Å². The molecule has 218 valence electrons. The van der Waals surface area contributed by atoms with E-state index in [1.165, 1.54) is 0 Å². The summed E-state index contributed by atoms with van der Waals surface area (Å²) in [6, 6.07) is 24.8. The van der Waals surface area contributed by atoms with Crippen LogP contribution in [0.5, 0.6) is 11.5 Å². The summed E-state index contributed by atoms with van der Waals surface area (Å²) in [5, 5.41) is 9.51. The van der Waals surface area contributed by atoms with Gasteiger partial charge >= 0.3 is 0 Å².